The van der Waals surface area contributed by atoms with E-state index in [1.807, 2.05) is 24.3 Å². The van der Waals surface area contributed by atoms with E-state index >= 15 is 0 Å². The Bertz CT molecular complexity index is 3320. The third kappa shape index (κ3) is 4.43. The number of benzene rings is 10. The number of nitrogens with zero attached hydrogens (tertiary/aromatic N) is 2. The first-order valence-corrected chi connectivity index (χ1v) is 18.3. The number of fused-ring (bicyclic) bond motifs is 11. The Kier molecular flexibility index (Phi) is 6.65. The summed E-state index contributed by atoms with van der Waals surface area (Å²) in [5, 5.41) is 15.7. The van der Waals surface area contributed by atoms with Crippen molar-refractivity contribution in [3.8, 4) is 33.5 Å². The van der Waals surface area contributed by atoms with Gasteiger partial charge < -0.3 is 0 Å². The van der Waals surface area contributed by atoms with Crippen LogP contribution in [0, 0.1) is 6.57 Å². The van der Waals surface area contributed by atoms with Gasteiger partial charge in [0, 0.05) is 16.2 Å². The van der Waals surface area contributed by atoms with Crippen LogP contribution in [0.4, 0.5) is 5.69 Å². The van der Waals surface area contributed by atoms with Crippen LogP contribution in [0.15, 0.2) is 182 Å². The smallest absolute Gasteiger partial charge is 0.187 e. The highest BCUT2D eigenvalue weighted by molar-refractivity contribution is 6.34. The standard InChI is InChI=1S/C52H30N2/c1-53-35-28-25-33(26-29-35)52-51-44-30-27-34(31-46(44)37-16-4-5-17-39(37)50(51)45-22-10-11-24-47(45)54-52)48-40-18-6-8-20-42(40)49(43-21-9-7-19-41(43)48)38-23-12-14-32-13-2-3-15-36(32)38/h2-31H. The Morgan fingerprint density at radius 1 is 0.370 bits per heavy atom. The van der Waals surface area contributed by atoms with Crippen molar-refractivity contribution in [3.63, 3.8) is 0 Å². The molecule has 10 aromatic carbocycles. The molecule has 0 aliphatic carbocycles. The monoisotopic (exact) mass is 682 g/mol. The van der Waals surface area contributed by atoms with Gasteiger partial charge in [-0.1, -0.05) is 170 Å². The van der Waals surface area contributed by atoms with E-state index in [1.165, 1.54) is 76.1 Å². The molecule has 2 nitrogen and oxygen atoms in total. The van der Waals surface area contributed by atoms with Gasteiger partial charge in [-0.25, -0.2) is 9.83 Å². The summed E-state index contributed by atoms with van der Waals surface area (Å²) in [6, 6.07) is 65.3. The van der Waals surface area contributed by atoms with Crippen LogP contribution in [0.2, 0.25) is 0 Å². The van der Waals surface area contributed by atoms with Crippen LogP contribution >= 0.6 is 0 Å². The summed E-state index contributed by atoms with van der Waals surface area (Å²) in [7, 11) is 0. The highest BCUT2D eigenvalue weighted by atomic mass is 14.7. The minimum Gasteiger partial charge on any atom is -0.247 e. The summed E-state index contributed by atoms with van der Waals surface area (Å²) in [4.78, 5) is 8.99. The molecule has 0 saturated heterocycles. The van der Waals surface area contributed by atoms with Gasteiger partial charge >= 0.3 is 0 Å². The van der Waals surface area contributed by atoms with Crippen LogP contribution < -0.4 is 0 Å². The van der Waals surface area contributed by atoms with E-state index < -0.39 is 0 Å². The third-order valence-corrected chi connectivity index (χ3v) is 11.2. The molecule has 2 heteroatoms. The second kappa shape index (κ2) is 11.9. The van der Waals surface area contributed by atoms with Crippen molar-refractivity contribution in [1.82, 2.24) is 4.98 Å². The number of rotatable bonds is 3. The van der Waals surface area contributed by atoms with Gasteiger partial charge in [-0.2, -0.15) is 0 Å². The van der Waals surface area contributed by atoms with Gasteiger partial charge in [0.05, 0.1) is 17.8 Å². The van der Waals surface area contributed by atoms with Crippen LogP contribution in [0.25, 0.3) is 114 Å². The summed E-state index contributed by atoms with van der Waals surface area (Å²) in [5.74, 6) is 0. The Labute approximate surface area is 312 Å². The van der Waals surface area contributed by atoms with Gasteiger partial charge in [-0.05, 0) is 93.8 Å². The summed E-state index contributed by atoms with van der Waals surface area (Å²) in [5.41, 5.74) is 8.45. The predicted octanol–water partition coefficient (Wildman–Crippen LogP) is 14.7. The fraction of sp³-hybridized carbons (Fsp3) is 0. The summed E-state index contributed by atoms with van der Waals surface area (Å²) in [6.07, 6.45) is 0. The lowest BCUT2D eigenvalue weighted by Gasteiger charge is -2.20. The maximum absolute atomic E-state index is 7.54. The zero-order chi connectivity index (χ0) is 35.8. The van der Waals surface area contributed by atoms with Gasteiger partial charge in [-0.3, -0.25) is 0 Å². The zero-order valence-electron chi connectivity index (χ0n) is 29.2. The topological polar surface area (TPSA) is 17.2 Å². The lowest BCUT2D eigenvalue weighted by atomic mass is 9.83. The van der Waals surface area contributed by atoms with Crippen LogP contribution in [0.3, 0.4) is 0 Å². The molecule has 0 aliphatic heterocycles. The Balaban J connectivity index is 1.27. The molecular formula is C52H30N2. The summed E-state index contributed by atoms with van der Waals surface area (Å²) < 4.78 is 0. The molecule has 11 aromatic rings. The number of para-hydroxylation sites is 1. The van der Waals surface area contributed by atoms with E-state index in [-0.39, 0.29) is 0 Å². The highest BCUT2D eigenvalue weighted by Gasteiger charge is 2.21. The van der Waals surface area contributed by atoms with Crippen LogP contribution in [-0.2, 0) is 0 Å². The maximum Gasteiger partial charge on any atom is 0.187 e. The zero-order valence-corrected chi connectivity index (χ0v) is 29.2. The summed E-state index contributed by atoms with van der Waals surface area (Å²) in [6.45, 7) is 7.54. The van der Waals surface area contributed by atoms with E-state index in [1.54, 1.807) is 0 Å². The maximum atomic E-state index is 7.54. The first-order valence-electron chi connectivity index (χ1n) is 18.3. The van der Waals surface area contributed by atoms with Crippen LogP contribution in [-0.4, -0.2) is 4.98 Å². The molecule has 54 heavy (non-hydrogen) atoms. The predicted molar refractivity (Wildman–Crippen MR) is 229 cm³/mol. The largest absolute Gasteiger partial charge is 0.247 e. The van der Waals surface area contributed by atoms with Crippen molar-refractivity contribution in [1.29, 1.82) is 0 Å². The molecule has 1 heterocycles. The molecule has 0 N–H and O–H groups in total. The molecule has 0 atom stereocenters. The molecular weight excluding hydrogens is 653 g/mol. The Morgan fingerprint density at radius 3 is 1.61 bits per heavy atom. The molecule has 0 unspecified atom stereocenters. The van der Waals surface area contributed by atoms with E-state index in [9.17, 15) is 0 Å². The van der Waals surface area contributed by atoms with Gasteiger partial charge in [0.2, 0.25) is 0 Å². The molecule has 0 bridgehead atoms. The molecule has 0 amide bonds. The van der Waals surface area contributed by atoms with Crippen molar-refractivity contribution in [2.24, 2.45) is 0 Å². The minimum absolute atomic E-state index is 0.620. The van der Waals surface area contributed by atoms with Crippen LogP contribution in [0.1, 0.15) is 0 Å². The third-order valence-electron chi connectivity index (χ3n) is 11.2. The summed E-state index contributed by atoms with van der Waals surface area (Å²) >= 11 is 0. The lowest BCUT2D eigenvalue weighted by molar-refractivity contribution is 1.43. The van der Waals surface area contributed by atoms with E-state index in [2.05, 4.69) is 163 Å². The van der Waals surface area contributed by atoms with Crippen molar-refractivity contribution in [3.05, 3.63) is 193 Å². The van der Waals surface area contributed by atoms with E-state index in [0.29, 0.717) is 5.69 Å². The normalized spacial score (nSPS) is 11.7. The second-order valence-electron chi connectivity index (χ2n) is 14.1. The molecule has 0 saturated carbocycles. The quantitative estimate of drug-likeness (QED) is 0.103. The molecule has 11 rings (SSSR count). The first-order chi connectivity index (χ1) is 26.8. The number of hydrogen-bond acceptors (Lipinski definition) is 1. The second-order valence-corrected chi connectivity index (χ2v) is 14.1. The van der Waals surface area contributed by atoms with Gasteiger partial charge in [0.15, 0.2) is 5.69 Å². The van der Waals surface area contributed by atoms with Crippen molar-refractivity contribution in [2.45, 2.75) is 0 Å². The molecule has 0 fully saturated rings. The number of pyridine rings is 1. The SMILES string of the molecule is [C-]#[N+]c1ccc(-c2nc3ccccc3c3c4ccccc4c4cc(-c5c6ccccc6c(-c6cccc7ccccc67)c6ccccc56)ccc4c23)cc1. The molecule has 0 aliphatic rings. The minimum atomic E-state index is 0.620. The van der Waals surface area contributed by atoms with E-state index in [4.69, 9.17) is 11.6 Å². The Hall–Kier alpha value is -7.34. The fourth-order valence-corrected chi connectivity index (χ4v) is 8.91. The highest BCUT2D eigenvalue weighted by Crippen LogP contribution is 2.48. The van der Waals surface area contributed by atoms with Crippen molar-refractivity contribution in [2.75, 3.05) is 0 Å². The lowest BCUT2D eigenvalue weighted by Crippen LogP contribution is -1.94. The van der Waals surface area contributed by atoms with Gasteiger partial charge in [0.25, 0.3) is 0 Å². The molecule has 248 valence electrons. The van der Waals surface area contributed by atoms with Crippen molar-refractivity contribution >= 4 is 81.2 Å². The Morgan fingerprint density at radius 2 is 0.907 bits per heavy atom. The molecule has 1 aromatic heterocycles. The average molecular weight is 683 g/mol. The average Bonchev–Trinajstić information content (AvgIpc) is 3.25. The number of aromatic nitrogens is 1. The fourth-order valence-electron chi connectivity index (χ4n) is 8.91. The van der Waals surface area contributed by atoms with Gasteiger partial charge in [0.1, 0.15) is 0 Å². The number of hydrogen-bond donors (Lipinski definition) is 0. The molecule has 0 radical (unpaired) electrons. The van der Waals surface area contributed by atoms with Crippen molar-refractivity contribution < 1.29 is 0 Å². The van der Waals surface area contributed by atoms with Crippen LogP contribution in [0.5, 0.6) is 0 Å². The molecule has 0 spiro atoms. The van der Waals surface area contributed by atoms with E-state index in [0.717, 1.165) is 32.9 Å². The van der Waals surface area contributed by atoms with Gasteiger partial charge in [-0.15, -0.1) is 0 Å². The first kappa shape index (κ1) is 30.3.